The van der Waals surface area contributed by atoms with Crippen LogP contribution >= 0.6 is 23.1 Å². The van der Waals surface area contributed by atoms with Gasteiger partial charge in [0.25, 0.3) is 0 Å². The van der Waals surface area contributed by atoms with Crippen LogP contribution in [-0.4, -0.2) is 27.5 Å². The molecule has 7 heteroatoms. The molecule has 0 amide bonds. The van der Waals surface area contributed by atoms with Crippen molar-refractivity contribution in [2.75, 3.05) is 18.1 Å². The minimum atomic E-state index is -0.395. The summed E-state index contributed by atoms with van der Waals surface area (Å²) in [6, 6.07) is 0. The summed E-state index contributed by atoms with van der Waals surface area (Å²) in [5.41, 5.74) is 0. The summed E-state index contributed by atoms with van der Waals surface area (Å²) in [4.78, 5) is 14.2. The molecule has 0 saturated heterocycles. The molecular weight excluding hydrogens is 270 g/mol. The molecule has 18 heavy (non-hydrogen) atoms. The molecule has 1 aliphatic rings. The lowest BCUT2D eigenvalue weighted by atomic mass is 9.88. The van der Waals surface area contributed by atoms with Crippen LogP contribution in [0.15, 0.2) is 6.20 Å². The van der Waals surface area contributed by atoms with Crippen LogP contribution in [0.25, 0.3) is 0 Å². The third-order valence-electron chi connectivity index (χ3n) is 3.43. The average Bonchev–Trinajstić information content (AvgIpc) is 2.87. The molecule has 0 atom stereocenters. The van der Waals surface area contributed by atoms with Gasteiger partial charge in [-0.1, -0.05) is 19.3 Å². The van der Waals surface area contributed by atoms with Gasteiger partial charge in [0.05, 0.1) is 4.92 Å². The average molecular weight is 287 g/mol. The summed E-state index contributed by atoms with van der Waals surface area (Å²) >= 11 is 3.01. The van der Waals surface area contributed by atoms with E-state index in [1.54, 1.807) is 0 Å². The van der Waals surface area contributed by atoms with Crippen molar-refractivity contribution in [1.82, 2.24) is 4.98 Å². The maximum atomic E-state index is 10.6. The van der Waals surface area contributed by atoms with Crippen molar-refractivity contribution in [1.29, 1.82) is 0 Å². The highest BCUT2D eigenvalue weighted by Gasteiger charge is 2.31. The van der Waals surface area contributed by atoms with Crippen LogP contribution < -0.4 is 5.32 Å². The lowest BCUT2D eigenvalue weighted by Gasteiger charge is -2.35. The van der Waals surface area contributed by atoms with Crippen LogP contribution in [0.2, 0.25) is 0 Å². The third-order valence-corrected chi connectivity index (χ3v) is 5.76. The van der Waals surface area contributed by atoms with Crippen molar-refractivity contribution in [2.24, 2.45) is 0 Å². The number of nitrogens with zero attached hydrogens (tertiary/aromatic N) is 2. The first kappa shape index (κ1) is 13.6. The second kappa shape index (κ2) is 5.88. The Labute approximate surface area is 115 Å². The first-order valence-corrected chi connectivity index (χ1v) is 8.09. The van der Waals surface area contributed by atoms with Crippen molar-refractivity contribution in [3.05, 3.63) is 16.3 Å². The van der Waals surface area contributed by atoms with Gasteiger partial charge >= 0.3 is 5.00 Å². The third kappa shape index (κ3) is 3.14. The molecule has 0 unspecified atom stereocenters. The van der Waals surface area contributed by atoms with Gasteiger partial charge in [-0.25, -0.2) is 4.98 Å². The number of rotatable bonds is 5. The van der Waals surface area contributed by atoms with E-state index in [-0.39, 0.29) is 9.75 Å². The first-order chi connectivity index (χ1) is 8.65. The Morgan fingerprint density at radius 3 is 2.83 bits per heavy atom. The molecule has 1 aromatic rings. The predicted molar refractivity (Wildman–Crippen MR) is 76.6 cm³/mol. The van der Waals surface area contributed by atoms with Gasteiger partial charge in [-0.05, 0) is 30.4 Å². The standard InChI is InChI=1S/C11H17N3O2S2/c1-17-11(5-3-2-4-6-11)8-13-10-12-7-9(18-10)14(15)16/h7H,2-6,8H2,1H3,(H,12,13). The Bertz CT molecular complexity index is 416. The highest BCUT2D eigenvalue weighted by atomic mass is 32.2. The van der Waals surface area contributed by atoms with E-state index in [0.29, 0.717) is 5.13 Å². The Morgan fingerprint density at radius 2 is 2.28 bits per heavy atom. The molecule has 0 aliphatic heterocycles. The van der Waals surface area contributed by atoms with Gasteiger partial charge in [-0.15, -0.1) is 0 Å². The molecule has 0 spiro atoms. The normalized spacial score (nSPS) is 18.5. The second-order valence-electron chi connectivity index (χ2n) is 4.56. The first-order valence-electron chi connectivity index (χ1n) is 6.04. The van der Waals surface area contributed by atoms with Crippen molar-refractivity contribution in [3.63, 3.8) is 0 Å². The lowest BCUT2D eigenvalue weighted by Crippen LogP contribution is -2.35. The number of aromatic nitrogens is 1. The van der Waals surface area contributed by atoms with Crippen LogP contribution in [-0.2, 0) is 0 Å². The quantitative estimate of drug-likeness (QED) is 0.663. The van der Waals surface area contributed by atoms with Gasteiger partial charge in [0, 0.05) is 11.3 Å². The Kier molecular flexibility index (Phi) is 4.45. The van der Waals surface area contributed by atoms with E-state index in [0.717, 1.165) is 17.9 Å². The summed E-state index contributed by atoms with van der Waals surface area (Å²) in [6.45, 7) is 0.846. The minimum absolute atomic E-state index is 0.0966. The van der Waals surface area contributed by atoms with E-state index in [9.17, 15) is 10.1 Å². The fourth-order valence-electron chi connectivity index (χ4n) is 2.32. The molecule has 1 N–H and O–H groups in total. The van der Waals surface area contributed by atoms with Crippen molar-refractivity contribution < 1.29 is 4.92 Å². The van der Waals surface area contributed by atoms with Crippen LogP contribution in [0.3, 0.4) is 0 Å². The Morgan fingerprint density at radius 1 is 1.56 bits per heavy atom. The zero-order chi connectivity index (χ0) is 13.0. The number of hydrogen-bond donors (Lipinski definition) is 1. The number of nitro groups is 1. The molecule has 1 aliphatic carbocycles. The summed E-state index contributed by atoms with van der Waals surface area (Å²) in [5.74, 6) is 0. The van der Waals surface area contributed by atoms with E-state index in [1.165, 1.54) is 38.3 Å². The molecular formula is C11H17N3O2S2. The van der Waals surface area contributed by atoms with Gasteiger partial charge in [-0.3, -0.25) is 10.1 Å². The fourth-order valence-corrected chi connectivity index (χ4v) is 3.86. The molecule has 2 rings (SSSR count). The summed E-state index contributed by atoms with van der Waals surface area (Å²) in [5, 5.41) is 14.6. The van der Waals surface area contributed by atoms with E-state index in [2.05, 4.69) is 16.6 Å². The fraction of sp³-hybridized carbons (Fsp3) is 0.727. The molecule has 1 heterocycles. The zero-order valence-corrected chi connectivity index (χ0v) is 12.0. The van der Waals surface area contributed by atoms with Crippen molar-refractivity contribution in [2.45, 2.75) is 36.9 Å². The van der Waals surface area contributed by atoms with E-state index < -0.39 is 4.92 Å². The summed E-state index contributed by atoms with van der Waals surface area (Å²) < 4.78 is 0.276. The number of thiazole rings is 1. The van der Waals surface area contributed by atoms with E-state index >= 15 is 0 Å². The summed E-state index contributed by atoms with van der Waals surface area (Å²) in [7, 11) is 0. The maximum absolute atomic E-state index is 10.6. The minimum Gasteiger partial charge on any atom is -0.360 e. The smallest absolute Gasteiger partial charge is 0.345 e. The predicted octanol–water partition coefficient (Wildman–Crippen LogP) is 3.53. The van der Waals surface area contributed by atoms with Crippen LogP contribution in [0.4, 0.5) is 10.1 Å². The highest BCUT2D eigenvalue weighted by Crippen LogP contribution is 2.39. The van der Waals surface area contributed by atoms with Crippen molar-refractivity contribution in [3.8, 4) is 0 Å². The molecule has 0 bridgehead atoms. The number of anilines is 1. The van der Waals surface area contributed by atoms with Gasteiger partial charge in [0.1, 0.15) is 6.20 Å². The van der Waals surface area contributed by atoms with E-state index in [4.69, 9.17) is 0 Å². The van der Waals surface area contributed by atoms with Crippen molar-refractivity contribution >= 4 is 33.2 Å². The second-order valence-corrected chi connectivity index (χ2v) is 6.85. The molecule has 1 saturated carbocycles. The SMILES string of the molecule is CSC1(CNc2ncc([N+](=O)[O-])s2)CCCCC1. The monoisotopic (exact) mass is 287 g/mol. The van der Waals surface area contributed by atoms with Gasteiger partial charge in [-0.2, -0.15) is 11.8 Å². The highest BCUT2D eigenvalue weighted by molar-refractivity contribution is 8.00. The molecule has 1 aromatic heterocycles. The topological polar surface area (TPSA) is 68.1 Å². The molecule has 1 fully saturated rings. The number of nitrogens with one attached hydrogen (secondary N) is 1. The van der Waals surface area contributed by atoms with E-state index in [1.807, 2.05) is 11.8 Å². The Hall–Kier alpha value is -0.820. The number of hydrogen-bond acceptors (Lipinski definition) is 6. The molecule has 5 nitrogen and oxygen atoms in total. The molecule has 0 aromatic carbocycles. The maximum Gasteiger partial charge on any atom is 0.345 e. The van der Waals surface area contributed by atoms with Gasteiger partial charge in [0.2, 0.25) is 0 Å². The van der Waals surface area contributed by atoms with Crippen LogP contribution in [0.1, 0.15) is 32.1 Å². The van der Waals surface area contributed by atoms with Crippen LogP contribution in [0, 0.1) is 10.1 Å². The molecule has 0 radical (unpaired) electrons. The van der Waals surface area contributed by atoms with Gasteiger partial charge in [0.15, 0.2) is 5.13 Å². The molecule has 100 valence electrons. The van der Waals surface area contributed by atoms with Gasteiger partial charge < -0.3 is 5.32 Å². The number of thioether (sulfide) groups is 1. The summed E-state index contributed by atoms with van der Waals surface area (Å²) in [6.07, 6.45) is 9.78. The van der Waals surface area contributed by atoms with Crippen LogP contribution in [0.5, 0.6) is 0 Å². The Balaban J connectivity index is 1.94. The largest absolute Gasteiger partial charge is 0.360 e. The lowest BCUT2D eigenvalue weighted by molar-refractivity contribution is -0.380. The zero-order valence-electron chi connectivity index (χ0n) is 10.3.